The van der Waals surface area contributed by atoms with E-state index in [1.165, 1.54) is 26.2 Å². The van der Waals surface area contributed by atoms with Crippen LogP contribution in [0, 0.1) is 0 Å². The molecule has 0 bridgehead atoms. The number of hydrogen-bond acceptors (Lipinski definition) is 4. The van der Waals surface area contributed by atoms with E-state index in [1.807, 2.05) is 37.3 Å². The molecule has 0 radical (unpaired) electrons. The lowest BCUT2D eigenvalue weighted by molar-refractivity contribution is 0.248. The van der Waals surface area contributed by atoms with E-state index in [0.717, 1.165) is 15.3 Å². The SMILES string of the molecule is CC(NC(=O)Nc1cccc(S(=O)(=O)N(C)C)c1)c1cc2ccccc2o1. The van der Waals surface area contributed by atoms with Crippen molar-refractivity contribution in [3.05, 3.63) is 60.4 Å². The third-order valence-electron chi connectivity index (χ3n) is 4.09. The molecule has 1 unspecified atom stereocenters. The number of amides is 2. The minimum absolute atomic E-state index is 0.107. The number of carbonyl (C=O) groups excluding carboxylic acids is 1. The van der Waals surface area contributed by atoms with E-state index < -0.39 is 16.1 Å². The van der Waals surface area contributed by atoms with Crippen LogP contribution in [0.25, 0.3) is 11.0 Å². The highest BCUT2D eigenvalue weighted by Gasteiger charge is 2.18. The van der Waals surface area contributed by atoms with Gasteiger partial charge in [0.15, 0.2) is 0 Å². The summed E-state index contributed by atoms with van der Waals surface area (Å²) in [6.45, 7) is 1.81. The normalized spacial score (nSPS) is 12.9. The fraction of sp³-hybridized carbons (Fsp3) is 0.211. The number of rotatable bonds is 5. The summed E-state index contributed by atoms with van der Waals surface area (Å²) in [6, 6.07) is 14.8. The number of nitrogens with one attached hydrogen (secondary N) is 2. The van der Waals surface area contributed by atoms with Crippen LogP contribution in [0.3, 0.4) is 0 Å². The monoisotopic (exact) mass is 387 g/mol. The van der Waals surface area contributed by atoms with E-state index in [1.54, 1.807) is 12.1 Å². The fourth-order valence-corrected chi connectivity index (χ4v) is 3.54. The van der Waals surface area contributed by atoms with Gasteiger partial charge in [-0.25, -0.2) is 17.5 Å². The molecule has 0 fully saturated rings. The van der Waals surface area contributed by atoms with Gasteiger partial charge in [0.2, 0.25) is 10.0 Å². The minimum atomic E-state index is -3.57. The Morgan fingerprint density at radius 1 is 1.07 bits per heavy atom. The van der Waals surface area contributed by atoms with Crippen molar-refractivity contribution < 1.29 is 17.6 Å². The van der Waals surface area contributed by atoms with Crippen molar-refractivity contribution in [2.45, 2.75) is 17.9 Å². The van der Waals surface area contributed by atoms with Gasteiger partial charge in [0, 0.05) is 25.2 Å². The summed E-state index contributed by atoms with van der Waals surface area (Å²) in [5.41, 5.74) is 1.13. The molecule has 1 aromatic heterocycles. The summed E-state index contributed by atoms with van der Waals surface area (Å²) in [4.78, 5) is 12.4. The van der Waals surface area contributed by atoms with Crippen LogP contribution in [0.2, 0.25) is 0 Å². The summed E-state index contributed by atoms with van der Waals surface area (Å²) in [6.07, 6.45) is 0. The second-order valence-corrected chi connectivity index (χ2v) is 8.47. The molecule has 1 heterocycles. The van der Waals surface area contributed by atoms with Crippen LogP contribution in [-0.2, 0) is 10.0 Å². The van der Waals surface area contributed by atoms with Gasteiger partial charge in [0.05, 0.1) is 10.9 Å². The Kier molecular flexibility index (Phi) is 5.20. The lowest BCUT2D eigenvalue weighted by Gasteiger charge is -2.14. The molecule has 0 spiro atoms. The van der Waals surface area contributed by atoms with E-state index >= 15 is 0 Å². The van der Waals surface area contributed by atoms with Gasteiger partial charge >= 0.3 is 6.03 Å². The van der Waals surface area contributed by atoms with Crippen LogP contribution < -0.4 is 10.6 Å². The zero-order chi connectivity index (χ0) is 19.6. The molecule has 27 heavy (non-hydrogen) atoms. The second kappa shape index (κ2) is 7.42. The molecule has 3 aromatic rings. The Labute approximate surface area is 158 Å². The van der Waals surface area contributed by atoms with Crippen LogP contribution in [0.4, 0.5) is 10.5 Å². The van der Waals surface area contributed by atoms with Crippen molar-refractivity contribution in [3.8, 4) is 0 Å². The van der Waals surface area contributed by atoms with E-state index in [2.05, 4.69) is 10.6 Å². The van der Waals surface area contributed by atoms with Crippen LogP contribution in [-0.4, -0.2) is 32.8 Å². The molecule has 0 aliphatic rings. The van der Waals surface area contributed by atoms with E-state index in [0.29, 0.717) is 11.4 Å². The number of anilines is 1. The van der Waals surface area contributed by atoms with E-state index in [9.17, 15) is 13.2 Å². The maximum atomic E-state index is 12.3. The number of para-hydroxylation sites is 1. The topological polar surface area (TPSA) is 91.7 Å². The quantitative estimate of drug-likeness (QED) is 0.700. The Morgan fingerprint density at radius 2 is 1.81 bits per heavy atom. The number of hydrogen-bond donors (Lipinski definition) is 2. The molecule has 7 nitrogen and oxygen atoms in total. The number of carbonyl (C=O) groups is 1. The van der Waals surface area contributed by atoms with Crippen LogP contribution in [0.5, 0.6) is 0 Å². The third-order valence-corrected chi connectivity index (χ3v) is 5.90. The van der Waals surface area contributed by atoms with Crippen molar-refractivity contribution in [1.29, 1.82) is 0 Å². The van der Waals surface area contributed by atoms with E-state index in [4.69, 9.17) is 4.42 Å². The fourth-order valence-electron chi connectivity index (χ4n) is 2.60. The molecule has 0 aliphatic carbocycles. The second-order valence-electron chi connectivity index (χ2n) is 6.32. The summed E-state index contributed by atoms with van der Waals surface area (Å²) in [7, 11) is -0.658. The zero-order valence-electron chi connectivity index (χ0n) is 15.3. The summed E-state index contributed by atoms with van der Waals surface area (Å²) < 4.78 is 31.3. The molecular formula is C19H21N3O4S. The Hall–Kier alpha value is -2.84. The smallest absolute Gasteiger partial charge is 0.319 e. The average molecular weight is 387 g/mol. The van der Waals surface area contributed by atoms with Gasteiger partial charge in [-0.3, -0.25) is 0 Å². The number of sulfonamides is 1. The first-order valence-electron chi connectivity index (χ1n) is 8.36. The number of benzene rings is 2. The lowest BCUT2D eigenvalue weighted by Crippen LogP contribution is -2.31. The highest BCUT2D eigenvalue weighted by Crippen LogP contribution is 2.24. The van der Waals surface area contributed by atoms with Crippen LogP contribution >= 0.6 is 0 Å². The number of nitrogens with zero attached hydrogens (tertiary/aromatic N) is 1. The van der Waals surface area contributed by atoms with Crippen molar-refractivity contribution in [2.24, 2.45) is 0 Å². The molecular weight excluding hydrogens is 366 g/mol. The highest BCUT2D eigenvalue weighted by atomic mass is 32.2. The average Bonchev–Trinajstić information content (AvgIpc) is 3.06. The first kappa shape index (κ1) is 18.9. The first-order chi connectivity index (χ1) is 12.8. The number of fused-ring (bicyclic) bond motifs is 1. The standard InChI is InChI=1S/C19H21N3O4S/c1-13(18-11-14-7-4-5-10-17(14)26-18)20-19(23)21-15-8-6-9-16(12-15)27(24,25)22(2)3/h4-13H,1-3H3,(H2,20,21,23). The molecule has 2 amide bonds. The van der Waals surface area contributed by atoms with Crippen LogP contribution in [0.15, 0.2) is 63.9 Å². The molecule has 1 atom stereocenters. The predicted molar refractivity (Wildman–Crippen MR) is 104 cm³/mol. The maximum absolute atomic E-state index is 12.3. The Morgan fingerprint density at radius 3 is 2.52 bits per heavy atom. The molecule has 142 valence electrons. The summed E-state index contributed by atoms with van der Waals surface area (Å²) in [5.74, 6) is 0.635. The first-order valence-corrected chi connectivity index (χ1v) is 9.80. The van der Waals surface area contributed by atoms with Crippen molar-refractivity contribution >= 4 is 32.7 Å². The highest BCUT2D eigenvalue weighted by molar-refractivity contribution is 7.89. The molecule has 3 rings (SSSR count). The van der Waals surface area contributed by atoms with Crippen LogP contribution in [0.1, 0.15) is 18.7 Å². The van der Waals surface area contributed by atoms with Gasteiger partial charge in [-0.1, -0.05) is 24.3 Å². The number of furan rings is 1. The molecule has 8 heteroatoms. The maximum Gasteiger partial charge on any atom is 0.319 e. The van der Waals surface area contributed by atoms with Crippen molar-refractivity contribution in [3.63, 3.8) is 0 Å². The molecule has 0 aliphatic heterocycles. The van der Waals surface area contributed by atoms with Crippen molar-refractivity contribution in [1.82, 2.24) is 9.62 Å². The predicted octanol–water partition coefficient (Wildman–Crippen LogP) is 3.57. The van der Waals surface area contributed by atoms with Gasteiger partial charge in [0.25, 0.3) is 0 Å². The summed E-state index contributed by atoms with van der Waals surface area (Å²) >= 11 is 0. The van der Waals surface area contributed by atoms with Gasteiger partial charge in [0.1, 0.15) is 11.3 Å². The molecule has 0 saturated carbocycles. The zero-order valence-corrected chi connectivity index (χ0v) is 16.1. The lowest BCUT2D eigenvalue weighted by atomic mass is 10.2. The van der Waals surface area contributed by atoms with Crippen molar-refractivity contribution in [2.75, 3.05) is 19.4 Å². The third kappa shape index (κ3) is 4.12. The molecule has 2 N–H and O–H groups in total. The number of urea groups is 1. The minimum Gasteiger partial charge on any atom is -0.459 e. The van der Waals surface area contributed by atoms with Gasteiger partial charge in [-0.05, 0) is 37.3 Å². The molecule has 0 saturated heterocycles. The molecule has 2 aromatic carbocycles. The van der Waals surface area contributed by atoms with Gasteiger partial charge in [-0.15, -0.1) is 0 Å². The summed E-state index contributed by atoms with van der Waals surface area (Å²) in [5, 5.41) is 6.40. The largest absolute Gasteiger partial charge is 0.459 e. The Bertz CT molecular complexity index is 1040. The Balaban J connectivity index is 1.70. The van der Waals surface area contributed by atoms with E-state index in [-0.39, 0.29) is 10.9 Å². The van der Waals surface area contributed by atoms with Gasteiger partial charge < -0.3 is 15.1 Å². The van der Waals surface area contributed by atoms with Gasteiger partial charge in [-0.2, -0.15) is 0 Å².